The molecule has 7 heteroatoms. The van der Waals surface area contributed by atoms with Crippen molar-refractivity contribution in [3.05, 3.63) is 57.6 Å². The molecule has 2 atom stereocenters. The number of carbonyl (C=O) groups is 1. The van der Waals surface area contributed by atoms with Crippen LogP contribution in [0.3, 0.4) is 0 Å². The first-order chi connectivity index (χ1) is 15.1. The van der Waals surface area contributed by atoms with Crippen LogP contribution in [-0.4, -0.2) is 52.0 Å². The predicted molar refractivity (Wildman–Crippen MR) is 121 cm³/mol. The first-order valence-corrected chi connectivity index (χ1v) is 11.9. The summed E-state index contributed by atoms with van der Waals surface area (Å²) in [5, 5.41) is 4.15. The van der Waals surface area contributed by atoms with E-state index in [4.69, 9.17) is 4.52 Å². The second-order valence-electron chi connectivity index (χ2n) is 8.73. The lowest BCUT2D eigenvalue weighted by Crippen LogP contribution is -2.49. The van der Waals surface area contributed by atoms with Crippen molar-refractivity contribution in [3.63, 3.8) is 0 Å². The standard InChI is InChI=1S/C24H28N4O2S/c1-16-8-9-20-19(14-16)15-21(31-20)24(29)28-12-10-27(11-13-28)17(2)23-25-22(26-30-23)18-6-4-3-5-7-18/h3-7,15-17H,8-14H2,1-2H3. The maximum atomic E-state index is 13.1. The average Bonchev–Trinajstić information content (AvgIpc) is 3.46. The van der Waals surface area contributed by atoms with Crippen molar-refractivity contribution in [2.75, 3.05) is 26.2 Å². The Bertz CT molecular complexity index is 1050. The summed E-state index contributed by atoms with van der Waals surface area (Å²) in [6.07, 6.45) is 3.47. The molecule has 0 bridgehead atoms. The zero-order chi connectivity index (χ0) is 21.4. The maximum absolute atomic E-state index is 13.1. The molecule has 1 amide bonds. The highest BCUT2D eigenvalue weighted by molar-refractivity contribution is 7.14. The van der Waals surface area contributed by atoms with Crippen LogP contribution in [0, 0.1) is 5.92 Å². The van der Waals surface area contributed by atoms with Gasteiger partial charge in [-0.3, -0.25) is 9.69 Å². The van der Waals surface area contributed by atoms with Gasteiger partial charge in [-0.2, -0.15) is 4.98 Å². The molecule has 2 unspecified atom stereocenters. The minimum Gasteiger partial charge on any atom is -0.337 e. The van der Waals surface area contributed by atoms with E-state index in [0.29, 0.717) is 11.7 Å². The van der Waals surface area contributed by atoms with Gasteiger partial charge in [0, 0.05) is 36.6 Å². The van der Waals surface area contributed by atoms with Crippen LogP contribution in [0.5, 0.6) is 0 Å². The molecule has 6 nitrogen and oxygen atoms in total. The third-order valence-corrected chi connectivity index (χ3v) is 7.75. The van der Waals surface area contributed by atoms with Gasteiger partial charge in [-0.05, 0) is 43.7 Å². The maximum Gasteiger partial charge on any atom is 0.264 e. The van der Waals surface area contributed by atoms with E-state index < -0.39 is 0 Å². The van der Waals surface area contributed by atoms with Crippen molar-refractivity contribution in [2.45, 2.75) is 39.2 Å². The van der Waals surface area contributed by atoms with Crippen molar-refractivity contribution in [3.8, 4) is 11.4 Å². The number of rotatable bonds is 4. The minimum absolute atomic E-state index is 0.0257. The van der Waals surface area contributed by atoms with Crippen LogP contribution < -0.4 is 0 Å². The molecule has 0 radical (unpaired) electrons. The van der Waals surface area contributed by atoms with Gasteiger partial charge in [0.15, 0.2) is 0 Å². The molecule has 0 N–H and O–H groups in total. The fourth-order valence-electron chi connectivity index (χ4n) is 4.54. The van der Waals surface area contributed by atoms with Crippen molar-refractivity contribution in [1.29, 1.82) is 0 Å². The molecule has 162 valence electrons. The molecular weight excluding hydrogens is 408 g/mol. The Morgan fingerprint density at radius 1 is 1.19 bits per heavy atom. The molecule has 1 aliphatic carbocycles. The quantitative estimate of drug-likeness (QED) is 0.605. The Morgan fingerprint density at radius 2 is 1.97 bits per heavy atom. The summed E-state index contributed by atoms with van der Waals surface area (Å²) in [6, 6.07) is 12.0. The number of fused-ring (bicyclic) bond motifs is 1. The molecule has 1 aromatic carbocycles. The van der Waals surface area contributed by atoms with E-state index in [-0.39, 0.29) is 11.9 Å². The fraction of sp³-hybridized carbons (Fsp3) is 0.458. The van der Waals surface area contributed by atoms with E-state index in [9.17, 15) is 4.79 Å². The molecule has 0 saturated carbocycles. The Hall–Kier alpha value is -2.51. The van der Waals surface area contributed by atoms with Crippen molar-refractivity contribution in [1.82, 2.24) is 19.9 Å². The summed E-state index contributed by atoms with van der Waals surface area (Å²) in [6.45, 7) is 7.45. The average molecular weight is 437 g/mol. The van der Waals surface area contributed by atoms with Crippen molar-refractivity contribution >= 4 is 17.2 Å². The van der Waals surface area contributed by atoms with Crippen molar-refractivity contribution < 1.29 is 9.32 Å². The molecule has 1 fully saturated rings. The second kappa shape index (κ2) is 8.55. The Kier molecular flexibility index (Phi) is 5.63. The van der Waals surface area contributed by atoms with Crippen LogP contribution in [0.4, 0.5) is 0 Å². The second-order valence-corrected chi connectivity index (χ2v) is 9.87. The van der Waals surface area contributed by atoms with Gasteiger partial charge in [-0.15, -0.1) is 11.3 Å². The van der Waals surface area contributed by atoms with Gasteiger partial charge in [-0.1, -0.05) is 42.4 Å². The topological polar surface area (TPSA) is 62.5 Å². The van der Waals surface area contributed by atoms with Crippen LogP contribution in [0.15, 0.2) is 40.9 Å². The first-order valence-electron chi connectivity index (χ1n) is 11.1. The summed E-state index contributed by atoms with van der Waals surface area (Å²) in [5.74, 6) is 2.15. The number of piperazine rings is 1. The third-order valence-electron chi connectivity index (χ3n) is 6.52. The lowest BCUT2D eigenvalue weighted by Gasteiger charge is -2.36. The van der Waals surface area contributed by atoms with E-state index in [0.717, 1.165) is 55.4 Å². The van der Waals surface area contributed by atoms with Crippen LogP contribution >= 0.6 is 11.3 Å². The van der Waals surface area contributed by atoms with Gasteiger partial charge in [-0.25, -0.2) is 0 Å². The zero-order valence-corrected chi connectivity index (χ0v) is 18.9. The van der Waals surface area contributed by atoms with Gasteiger partial charge >= 0.3 is 0 Å². The van der Waals surface area contributed by atoms with E-state index >= 15 is 0 Å². The monoisotopic (exact) mass is 436 g/mol. The highest BCUT2D eigenvalue weighted by Crippen LogP contribution is 2.33. The molecule has 31 heavy (non-hydrogen) atoms. The third kappa shape index (κ3) is 4.16. The summed E-state index contributed by atoms with van der Waals surface area (Å²) < 4.78 is 5.55. The fourth-order valence-corrected chi connectivity index (χ4v) is 5.72. The number of thiophene rings is 1. The van der Waals surface area contributed by atoms with Crippen LogP contribution in [0.2, 0.25) is 0 Å². The molecule has 2 aliphatic rings. The number of carbonyl (C=O) groups excluding carboxylic acids is 1. The SMILES string of the molecule is CC1CCc2sc(C(=O)N3CCN(C(C)c4nc(-c5ccccc5)no4)CC3)cc2C1. The molecular formula is C24H28N4O2S. The number of amides is 1. The van der Waals surface area contributed by atoms with E-state index in [1.807, 2.05) is 35.2 Å². The van der Waals surface area contributed by atoms with E-state index in [2.05, 4.69) is 35.0 Å². The predicted octanol–water partition coefficient (Wildman–Crippen LogP) is 4.44. The number of hydrogen-bond donors (Lipinski definition) is 0. The zero-order valence-electron chi connectivity index (χ0n) is 18.1. The Labute approximate surface area is 186 Å². The summed E-state index contributed by atoms with van der Waals surface area (Å²) >= 11 is 1.71. The number of nitrogens with zero attached hydrogens (tertiary/aromatic N) is 4. The van der Waals surface area contributed by atoms with E-state index in [1.165, 1.54) is 16.9 Å². The van der Waals surface area contributed by atoms with Crippen LogP contribution in [0.25, 0.3) is 11.4 Å². The van der Waals surface area contributed by atoms with Gasteiger partial charge in [0.1, 0.15) is 0 Å². The molecule has 3 heterocycles. The molecule has 2 aromatic heterocycles. The molecule has 1 saturated heterocycles. The number of benzene rings is 1. The van der Waals surface area contributed by atoms with Crippen molar-refractivity contribution in [2.24, 2.45) is 5.92 Å². The molecule has 5 rings (SSSR count). The summed E-state index contributed by atoms with van der Waals surface area (Å²) in [7, 11) is 0. The Morgan fingerprint density at radius 3 is 2.74 bits per heavy atom. The van der Waals surface area contributed by atoms with E-state index in [1.54, 1.807) is 11.3 Å². The van der Waals surface area contributed by atoms with Gasteiger partial charge in [0.05, 0.1) is 10.9 Å². The molecule has 1 aliphatic heterocycles. The minimum atomic E-state index is 0.0257. The lowest BCUT2D eigenvalue weighted by molar-refractivity contribution is 0.0556. The molecule has 0 spiro atoms. The number of aryl methyl sites for hydroxylation is 1. The van der Waals surface area contributed by atoms with Crippen LogP contribution in [0.1, 0.15) is 52.3 Å². The van der Waals surface area contributed by atoms with Crippen LogP contribution in [-0.2, 0) is 12.8 Å². The highest BCUT2D eigenvalue weighted by atomic mass is 32.1. The smallest absolute Gasteiger partial charge is 0.264 e. The largest absolute Gasteiger partial charge is 0.337 e. The number of aromatic nitrogens is 2. The highest BCUT2D eigenvalue weighted by Gasteiger charge is 2.29. The summed E-state index contributed by atoms with van der Waals surface area (Å²) in [4.78, 5) is 24.3. The van der Waals surface area contributed by atoms with Gasteiger partial charge in [0.2, 0.25) is 11.7 Å². The Balaban J connectivity index is 1.20. The van der Waals surface area contributed by atoms with Gasteiger partial charge < -0.3 is 9.42 Å². The first kappa shape index (κ1) is 20.4. The molecule has 3 aromatic rings. The number of hydrogen-bond acceptors (Lipinski definition) is 6. The normalized spacial score (nSPS) is 20.5. The van der Waals surface area contributed by atoms with Gasteiger partial charge in [0.25, 0.3) is 5.91 Å². The summed E-state index contributed by atoms with van der Waals surface area (Å²) in [5.41, 5.74) is 2.35. The lowest BCUT2D eigenvalue weighted by atomic mass is 9.90.